The standard InChI is InChI=1S/C21H23NO5/c1-27-18-9-7-17(8-10-18)19(23)11-12-20(24)22(15-21(25)26)14-13-16-5-3-2-4-6-16/h2-10H,11-15H2,1H3,(H,25,26). The summed E-state index contributed by atoms with van der Waals surface area (Å²) in [6.07, 6.45) is 0.575. The van der Waals surface area contributed by atoms with Crippen LogP contribution in [0.1, 0.15) is 28.8 Å². The number of carbonyl (C=O) groups is 3. The van der Waals surface area contributed by atoms with E-state index in [1.807, 2.05) is 30.3 Å². The minimum atomic E-state index is -1.07. The summed E-state index contributed by atoms with van der Waals surface area (Å²) in [5.74, 6) is -0.923. The quantitative estimate of drug-likeness (QED) is 0.651. The maximum Gasteiger partial charge on any atom is 0.323 e. The number of benzene rings is 2. The van der Waals surface area contributed by atoms with E-state index in [2.05, 4.69) is 0 Å². The van der Waals surface area contributed by atoms with Gasteiger partial charge in [0.2, 0.25) is 5.91 Å². The van der Waals surface area contributed by atoms with Crippen LogP contribution in [0.3, 0.4) is 0 Å². The molecule has 1 N–H and O–H groups in total. The van der Waals surface area contributed by atoms with Crippen molar-refractivity contribution >= 4 is 17.7 Å². The van der Waals surface area contributed by atoms with Gasteiger partial charge in [-0.25, -0.2) is 0 Å². The predicted octanol–water partition coefficient (Wildman–Crippen LogP) is 2.81. The van der Waals surface area contributed by atoms with Crippen LogP contribution in [0.2, 0.25) is 0 Å². The first-order chi connectivity index (χ1) is 13.0. The summed E-state index contributed by atoms with van der Waals surface area (Å²) in [7, 11) is 1.54. The Hall–Kier alpha value is -3.15. The summed E-state index contributed by atoms with van der Waals surface area (Å²) >= 11 is 0. The molecule has 2 aromatic carbocycles. The average molecular weight is 369 g/mol. The zero-order valence-corrected chi connectivity index (χ0v) is 15.3. The van der Waals surface area contributed by atoms with E-state index in [1.54, 1.807) is 31.4 Å². The number of ketones is 1. The molecule has 0 aromatic heterocycles. The van der Waals surface area contributed by atoms with Crippen molar-refractivity contribution in [3.05, 3.63) is 65.7 Å². The number of carboxylic acid groups (broad SMARTS) is 1. The monoisotopic (exact) mass is 369 g/mol. The lowest BCUT2D eigenvalue weighted by atomic mass is 10.1. The zero-order valence-electron chi connectivity index (χ0n) is 15.3. The van der Waals surface area contributed by atoms with E-state index in [4.69, 9.17) is 9.84 Å². The number of carbonyl (C=O) groups excluding carboxylic acids is 2. The minimum absolute atomic E-state index is 0.0209. The average Bonchev–Trinajstić information content (AvgIpc) is 2.69. The van der Waals surface area contributed by atoms with Crippen LogP contribution in [-0.4, -0.2) is 47.9 Å². The van der Waals surface area contributed by atoms with Crippen LogP contribution in [0.25, 0.3) is 0 Å². The third-order valence-corrected chi connectivity index (χ3v) is 4.17. The fraction of sp³-hybridized carbons (Fsp3) is 0.286. The van der Waals surface area contributed by atoms with Gasteiger partial charge in [0.1, 0.15) is 12.3 Å². The lowest BCUT2D eigenvalue weighted by Crippen LogP contribution is -2.37. The molecular weight excluding hydrogens is 346 g/mol. The molecule has 1 amide bonds. The third-order valence-electron chi connectivity index (χ3n) is 4.17. The molecule has 0 heterocycles. The van der Waals surface area contributed by atoms with Crippen molar-refractivity contribution in [3.63, 3.8) is 0 Å². The molecule has 0 aliphatic carbocycles. The van der Waals surface area contributed by atoms with Gasteiger partial charge in [0.05, 0.1) is 7.11 Å². The van der Waals surface area contributed by atoms with Crippen molar-refractivity contribution in [2.45, 2.75) is 19.3 Å². The molecule has 0 bridgehead atoms. The van der Waals surface area contributed by atoms with Gasteiger partial charge in [-0.05, 0) is 36.2 Å². The topological polar surface area (TPSA) is 83.9 Å². The van der Waals surface area contributed by atoms with E-state index in [9.17, 15) is 14.4 Å². The number of rotatable bonds is 10. The van der Waals surface area contributed by atoms with Crippen molar-refractivity contribution in [1.29, 1.82) is 0 Å². The lowest BCUT2D eigenvalue weighted by Gasteiger charge is -2.20. The maximum absolute atomic E-state index is 12.4. The van der Waals surface area contributed by atoms with E-state index in [-0.39, 0.29) is 31.1 Å². The molecule has 0 atom stereocenters. The van der Waals surface area contributed by atoms with Crippen molar-refractivity contribution in [2.75, 3.05) is 20.2 Å². The number of carboxylic acids is 1. The van der Waals surface area contributed by atoms with Crippen LogP contribution < -0.4 is 4.74 Å². The summed E-state index contributed by atoms with van der Waals surface area (Å²) in [4.78, 5) is 37.0. The van der Waals surface area contributed by atoms with Crippen molar-refractivity contribution in [3.8, 4) is 5.75 Å². The molecule has 0 fully saturated rings. The van der Waals surface area contributed by atoms with E-state index < -0.39 is 5.97 Å². The second-order valence-electron chi connectivity index (χ2n) is 6.10. The second-order valence-corrected chi connectivity index (χ2v) is 6.10. The fourth-order valence-corrected chi connectivity index (χ4v) is 2.66. The van der Waals surface area contributed by atoms with Gasteiger partial charge in [0.15, 0.2) is 5.78 Å². The van der Waals surface area contributed by atoms with Gasteiger partial charge >= 0.3 is 5.97 Å². The molecule has 0 spiro atoms. The Morgan fingerprint density at radius 1 is 0.963 bits per heavy atom. The summed E-state index contributed by atoms with van der Waals surface area (Å²) < 4.78 is 5.05. The number of Topliss-reactive ketones (excluding diaryl/α,β-unsaturated/α-hetero) is 1. The molecule has 6 nitrogen and oxygen atoms in total. The summed E-state index contributed by atoms with van der Waals surface area (Å²) in [6.45, 7) is -0.0751. The first kappa shape index (κ1) is 20.2. The molecule has 2 rings (SSSR count). The van der Waals surface area contributed by atoms with Gasteiger partial charge in [-0.15, -0.1) is 0 Å². The molecule has 27 heavy (non-hydrogen) atoms. The molecule has 0 unspecified atom stereocenters. The molecule has 6 heteroatoms. The van der Waals surface area contributed by atoms with Crippen LogP contribution in [0.15, 0.2) is 54.6 Å². The molecule has 0 aliphatic heterocycles. The molecule has 0 radical (unpaired) electrons. The van der Waals surface area contributed by atoms with E-state index >= 15 is 0 Å². The summed E-state index contributed by atoms with van der Waals surface area (Å²) in [6, 6.07) is 16.2. The van der Waals surface area contributed by atoms with Gasteiger partial charge in [-0.2, -0.15) is 0 Å². The van der Waals surface area contributed by atoms with Crippen LogP contribution in [0.5, 0.6) is 5.75 Å². The summed E-state index contributed by atoms with van der Waals surface area (Å²) in [5.41, 5.74) is 1.52. The Morgan fingerprint density at radius 2 is 1.63 bits per heavy atom. The lowest BCUT2D eigenvalue weighted by molar-refractivity contribution is -0.144. The fourth-order valence-electron chi connectivity index (χ4n) is 2.66. The molecule has 0 saturated heterocycles. The van der Waals surface area contributed by atoms with Crippen LogP contribution in [0.4, 0.5) is 0 Å². The van der Waals surface area contributed by atoms with Crippen LogP contribution in [-0.2, 0) is 16.0 Å². The third kappa shape index (κ3) is 6.58. The SMILES string of the molecule is COc1ccc(C(=O)CCC(=O)N(CCc2ccccc2)CC(=O)O)cc1. The second kappa shape index (κ2) is 10.1. The number of methoxy groups -OCH3 is 1. The predicted molar refractivity (Wildman–Crippen MR) is 101 cm³/mol. The van der Waals surface area contributed by atoms with Gasteiger partial charge in [0, 0.05) is 24.9 Å². The van der Waals surface area contributed by atoms with Crippen molar-refractivity contribution < 1.29 is 24.2 Å². The van der Waals surface area contributed by atoms with Crippen LogP contribution >= 0.6 is 0 Å². The zero-order chi connectivity index (χ0) is 19.6. The van der Waals surface area contributed by atoms with Gasteiger partial charge < -0.3 is 14.7 Å². The Kier molecular flexibility index (Phi) is 7.55. The smallest absolute Gasteiger partial charge is 0.323 e. The number of aliphatic carboxylic acids is 1. The highest BCUT2D eigenvalue weighted by Crippen LogP contribution is 2.14. The van der Waals surface area contributed by atoms with Gasteiger partial charge in [-0.1, -0.05) is 30.3 Å². The number of hydrogen-bond acceptors (Lipinski definition) is 4. The highest BCUT2D eigenvalue weighted by Gasteiger charge is 2.18. The largest absolute Gasteiger partial charge is 0.497 e. The van der Waals surface area contributed by atoms with E-state index in [1.165, 1.54) is 4.90 Å². The number of nitrogens with zero attached hydrogens (tertiary/aromatic N) is 1. The number of amides is 1. The minimum Gasteiger partial charge on any atom is -0.497 e. The molecule has 2 aromatic rings. The Bertz CT molecular complexity index is 771. The summed E-state index contributed by atoms with van der Waals surface area (Å²) in [5, 5.41) is 9.06. The maximum atomic E-state index is 12.4. The Balaban J connectivity index is 1.91. The van der Waals surface area contributed by atoms with E-state index in [0.29, 0.717) is 24.3 Å². The highest BCUT2D eigenvalue weighted by atomic mass is 16.5. The van der Waals surface area contributed by atoms with Crippen molar-refractivity contribution in [2.24, 2.45) is 0 Å². The van der Waals surface area contributed by atoms with Crippen LogP contribution in [0, 0.1) is 0 Å². The molecule has 0 saturated carbocycles. The molecule has 142 valence electrons. The first-order valence-corrected chi connectivity index (χ1v) is 8.70. The normalized spacial score (nSPS) is 10.3. The Labute approximate surface area is 158 Å². The highest BCUT2D eigenvalue weighted by molar-refractivity contribution is 5.98. The molecular formula is C21H23NO5. The number of ether oxygens (including phenoxy) is 1. The number of hydrogen-bond donors (Lipinski definition) is 1. The first-order valence-electron chi connectivity index (χ1n) is 8.70. The Morgan fingerprint density at radius 3 is 2.22 bits per heavy atom. The van der Waals surface area contributed by atoms with Gasteiger partial charge in [-0.3, -0.25) is 14.4 Å². The van der Waals surface area contributed by atoms with E-state index in [0.717, 1.165) is 5.56 Å². The van der Waals surface area contributed by atoms with Gasteiger partial charge in [0.25, 0.3) is 0 Å². The van der Waals surface area contributed by atoms with Crippen molar-refractivity contribution in [1.82, 2.24) is 4.90 Å². The molecule has 0 aliphatic rings.